The molecule has 5 nitrogen and oxygen atoms in total. The molecule has 0 aliphatic rings. The van der Waals surface area contributed by atoms with Crippen molar-refractivity contribution in [1.29, 1.82) is 0 Å². The van der Waals surface area contributed by atoms with E-state index in [4.69, 9.17) is 23.2 Å². The summed E-state index contributed by atoms with van der Waals surface area (Å²) in [5, 5.41) is 0.202. The lowest BCUT2D eigenvalue weighted by Gasteiger charge is -2.06. The summed E-state index contributed by atoms with van der Waals surface area (Å²) in [4.78, 5) is 17.9. The van der Waals surface area contributed by atoms with Crippen molar-refractivity contribution in [1.82, 2.24) is 15.4 Å². The first-order valence-electron chi connectivity index (χ1n) is 4.69. The number of benzene rings is 1. The molecule has 3 N–H and O–H groups in total. The van der Waals surface area contributed by atoms with Crippen LogP contribution in [0, 0.1) is 0 Å². The van der Waals surface area contributed by atoms with Gasteiger partial charge in [-0.1, -0.05) is 41.4 Å². The fraction of sp³-hybridized carbons (Fsp3) is 0. The lowest BCUT2D eigenvalue weighted by atomic mass is 10.3. The lowest BCUT2D eigenvalue weighted by Crippen LogP contribution is -2.30. The summed E-state index contributed by atoms with van der Waals surface area (Å²) < 4.78 is 0. The third-order valence-electron chi connectivity index (χ3n) is 1.93. The van der Waals surface area contributed by atoms with Crippen molar-refractivity contribution in [2.75, 3.05) is 5.43 Å². The second-order valence-corrected chi connectivity index (χ2v) is 3.87. The first-order valence-corrected chi connectivity index (χ1v) is 5.45. The Morgan fingerprint density at radius 3 is 2.53 bits per heavy atom. The molecule has 0 atom stereocenters. The Morgan fingerprint density at radius 2 is 1.94 bits per heavy atom. The lowest BCUT2D eigenvalue weighted by molar-refractivity contribution is 0.0953. The first kappa shape index (κ1) is 11.8. The summed E-state index contributed by atoms with van der Waals surface area (Å²) in [6, 6.07) is 9.17. The molecule has 2 rings (SSSR count). The average molecular weight is 271 g/mol. The molecule has 0 spiro atoms. The number of nitrogens with one attached hydrogen (secondary N) is 3. The van der Waals surface area contributed by atoms with E-state index in [9.17, 15) is 4.79 Å². The van der Waals surface area contributed by atoms with E-state index in [1.807, 2.05) is 30.3 Å². The van der Waals surface area contributed by atoms with E-state index in [-0.39, 0.29) is 16.1 Å². The largest absolute Gasteiger partial charge is 0.324 e. The van der Waals surface area contributed by atoms with Crippen LogP contribution in [0.15, 0.2) is 30.3 Å². The van der Waals surface area contributed by atoms with Gasteiger partial charge in [0.1, 0.15) is 5.15 Å². The van der Waals surface area contributed by atoms with Crippen molar-refractivity contribution in [3.63, 3.8) is 0 Å². The molecule has 0 aliphatic heterocycles. The summed E-state index contributed by atoms with van der Waals surface area (Å²) >= 11 is 11.3. The van der Waals surface area contributed by atoms with Crippen LogP contribution in [-0.2, 0) is 0 Å². The monoisotopic (exact) mass is 270 g/mol. The molecule has 0 saturated heterocycles. The van der Waals surface area contributed by atoms with Crippen LogP contribution < -0.4 is 10.9 Å². The summed E-state index contributed by atoms with van der Waals surface area (Å²) in [5.41, 5.74) is 5.94. The quantitative estimate of drug-likeness (QED) is 0.751. The van der Waals surface area contributed by atoms with Gasteiger partial charge in [-0.2, -0.15) is 0 Å². The number of halogens is 2. The summed E-state index contributed by atoms with van der Waals surface area (Å²) in [6.07, 6.45) is 0. The Kier molecular flexibility index (Phi) is 3.51. The number of imidazole rings is 1. The molecule has 0 aliphatic carbocycles. The minimum absolute atomic E-state index is 0.0448. The number of aromatic nitrogens is 2. The average Bonchev–Trinajstić information content (AvgIpc) is 2.68. The molecule has 1 aromatic heterocycles. The maximum absolute atomic E-state index is 11.6. The van der Waals surface area contributed by atoms with Gasteiger partial charge in [0.15, 0.2) is 5.15 Å². The molecule has 17 heavy (non-hydrogen) atoms. The Balaban J connectivity index is 1.98. The van der Waals surface area contributed by atoms with E-state index in [0.717, 1.165) is 5.69 Å². The third-order valence-corrected chi connectivity index (χ3v) is 2.57. The van der Waals surface area contributed by atoms with Gasteiger partial charge >= 0.3 is 5.91 Å². The van der Waals surface area contributed by atoms with Crippen molar-refractivity contribution in [3.8, 4) is 0 Å². The number of carbonyl (C=O) groups is 1. The molecule has 2 aromatic rings. The van der Waals surface area contributed by atoms with Crippen molar-refractivity contribution < 1.29 is 4.79 Å². The number of para-hydroxylation sites is 1. The maximum atomic E-state index is 11.6. The predicted molar refractivity (Wildman–Crippen MR) is 66.1 cm³/mol. The second kappa shape index (κ2) is 5.07. The van der Waals surface area contributed by atoms with Crippen LogP contribution in [0.2, 0.25) is 10.3 Å². The zero-order valence-electron chi connectivity index (χ0n) is 8.50. The van der Waals surface area contributed by atoms with Crippen LogP contribution in [0.1, 0.15) is 10.6 Å². The van der Waals surface area contributed by atoms with Crippen LogP contribution in [-0.4, -0.2) is 15.9 Å². The number of amides is 1. The molecule has 7 heteroatoms. The van der Waals surface area contributed by atoms with Gasteiger partial charge in [0.05, 0.1) is 5.69 Å². The summed E-state index contributed by atoms with van der Waals surface area (Å²) in [7, 11) is 0. The van der Waals surface area contributed by atoms with Gasteiger partial charge in [0.2, 0.25) is 5.82 Å². The molecule has 0 radical (unpaired) electrons. The molecular weight excluding hydrogens is 263 g/mol. The van der Waals surface area contributed by atoms with Crippen LogP contribution in [0.25, 0.3) is 0 Å². The van der Waals surface area contributed by atoms with Gasteiger partial charge in [-0.3, -0.25) is 15.6 Å². The van der Waals surface area contributed by atoms with Crippen LogP contribution in [0.5, 0.6) is 0 Å². The molecule has 1 heterocycles. The molecule has 0 fully saturated rings. The van der Waals surface area contributed by atoms with Gasteiger partial charge in [0, 0.05) is 0 Å². The molecule has 0 bridgehead atoms. The maximum Gasteiger partial charge on any atom is 0.305 e. The number of aromatic amines is 1. The van der Waals surface area contributed by atoms with Gasteiger partial charge in [-0.15, -0.1) is 0 Å². The molecule has 1 aromatic carbocycles. The first-order chi connectivity index (χ1) is 8.16. The Bertz CT molecular complexity index is 507. The summed E-state index contributed by atoms with van der Waals surface area (Å²) in [6.45, 7) is 0. The normalized spacial score (nSPS) is 10.0. The number of hydrogen-bond acceptors (Lipinski definition) is 3. The van der Waals surface area contributed by atoms with Crippen LogP contribution in [0.4, 0.5) is 5.69 Å². The summed E-state index contributed by atoms with van der Waals surface area (Å²) in [5.74, 6) is -0.411. The van der Waals surface area contributed by atoms with Crippen molar-refractivity contribution in [2.45, 2.75) is 0 Å². The van der Waals surface area contributed by atoms with Gasteiger partial charge in [0.25, 0.3) is 0 Å². The van der Waals surface area contributed by atoms with Gasteiger partial charge in [-0.25, -0.2) is 4.98 Å². The topological polar surface area (TPSA) is 69.8 Å². The number of nitrogens with zero attached hydrogens (tertiary/aromatic N) is 1. The minimum atomic E-state index is -0.456. The molecule has 0 unspecified atom stereocenters. The Labute approximate surface area is 107 Å². The zero-order valence-corrected chi connectivity index (χ0v) is 10.0. The standard InChI is InChI=1S/C10H8Cl2N4O/c11-7-8(12)14-9(13-7)10(17)16-15-6-4-2-1-3-5-6/h1-5,15H,(H,13,14)(H,16,17). The fourth-order valence-electron chi connectivity index (χ4n) is 1.15. The number of hydrazine groups is 1. The van der Waals surface area contributed by atoms with Crippen molar-refractivity contribution in [2.24, 2.45) is 0 Å². The molecule has 88 valence electrons. The number of H-pyrrole nitrogens is 1. The fourth-order valence-corrected chi connectivity index (χ4v) is 1.41. The third kappa shape index (κ3) is 2.89. The van der Waals surface area contributed by atoms with E-state index < -0.39 is 5.91 Å². The Hall–Kier alpha value is -1.72. The number of rotatable bonds is 3. The van der Waals surface area contributed by atoms with Gasteiger partial charge in [-0.05, 0) is 12.1 Å². The Morgan fingerprint density at radius 1 is 1.24 bits per heavy atom. The second-order valence-electron chi connectivity index (χ2n) is 3.14. The molecule has 0 saturated carbocycles. The van der Waals surface area contributed by atoms with Crippen molar-refractivity contribution >= 4 is 34.8 Å². The van der Waals surface area contributed by atoms with E-state index >= 15 is 0 Å². The van der Waals surface area contributed by atoms with E-state index in [1.54, 1.807) is 0 Å². The smallest absolute Gasteiger partial charge is 0.305 e. The molecule has 1 amide bonds. The highest BCUT2D eigenvalue weighted by Gasteiger charge is 2.12. The highest BCUT2D eigenvalue weighted by molar-refractivity contribution is 6.40. The highest BCUT2D eigenvalue weighted by atomic mass is 35.5. The number of carbonyl (C=O) groups excluding carboxylic acids is 1. The van der Waals surface area contributed by atoms with E-state index in [2.05, 4.69) is 20.8 Å². The van der Waals surface area contributed by atoms with Crippen molar-refractivity contribution in [3.05, 3.63) is 46.5 Å². The minimum Gasteiger partial charge on any atom is -0.324 e. The predicted octanol–water partition coefficient (Wildman–Crippen LogP) is 2.47. The number of hydrogen-bond donors (Lipinski definition) is 3. The zero-order chi connectivity index (χ0) is 12.3. The van der Waals surface area contributed by atoms with Crippen LogP contribution >= 0.6 is 23.2 Å². The highest BCUT2D eigenvalue weighted by Crippen LogP contribution is 2.17. The SMILES string of the molecule is O=C(NNc1ccccc1)c1nc(Cl)c(Cl)[nH]1. The van der Waals surface area contributed by atoms with E-state index in [0.29, 0.717) is 0 Å². The number of anilines is 1. The molecular formula is C10H8Cl2N4O. The van der Waals surface area contributed by atoms with E-state index in [1.165, 1.54) is 0 Å². The van der Waals surface area contributed by atoms with Gasteiger partial charge < -0.3 is 4.98 Å². The van der Waals surface area contributed by atoms with Crippen LogP contribution in [0.3, 0.4) is 0 Å².